The topological polar surface area (TPSA) is 49.4 Å². The van der Waals surface area contributed by atoms with Crippen LogP contribution in [-0.4, -0.2) is 29.8 Å². The van der Waals surface area contributed by atoms with Gasteiger partial charge in [0.2, 0.25) is 0 Å². The standard InChI is InChI=1S/C20H21FN2O2/c21-17-10-8-15(9-11-17)19(24)22-18-7-5-6-16(14-18)20(25)23-12-3-1-2-4-13-23/h5-11,14H,1-4,12-13H2,(H,22,24). The zero-order valence-electron chi connectivity index (χ0n) is 14.0. The molecule has 2 aromatic carbocycles. The van der Waals surface area contributed by atoms with E-state index in [4.69, 9.17) is 0 Å². The van der Waals surface area contributed by atoms with Crippen molar-refractivity contribution in [2.45, 2.75) is 25.7 Å². The molecule has 0 atom stereocenters. The van der Waals surface area contributed by atoms with Crippen LogP contribution in [0.4, 0.5) is 10.1 Å². The third kappa shape index (κ3) is 4.44. The van der Waals surface area contributed by atoms with E-state index < -0.39 is 0 Å². The van der Waals surface area contributed by atoms with Gasteiger partial charge in [0.15, 0.2) is 0 Å². The van der Waals surface area contributed by atoms with Crippen molar-refractivity contribution < 1.29 is 14.0 Å². The summed E-state index contributed by atoms with van der Waals surface area (Å²) in [6.07, 6.45) is 4.40. The molecular weight excluding hydrogens is 319 g/mol. The minimum absolute atomic E-state index is 0.000203. The van der Waals surface area contributed by atoms with Crippen molar-refractivity contribution in [1.82, 2.24) is 4.90 Å². The molecule has 0 radical (unpaired) electrons. The first-order valence-electron chi connectivity index (χ1n) is 8.60. The van der Waals surface area contributed by atoms with E-state index in [1.54, 1.807) is 24.3 Å². The van der Waals surface area contributed by atoms with Crippen molar-refractivity contribution in [3.8, 4) is 0 Å². The molecule has 0 unspecified atom stereocenters. The Bertz CT molecular complexity index is 751. The van der Waals surface area contributed by atoms with Crippen LogP contribution in [0.1, 0.15) is 46.4 Å². The number of rotatable bonds is 3. The van der Waals surface area contributed by atoms with Gasteiger partial charge in [-0.2, -0.15) is 0 Å². The van der Waals surface area contributed by atoms with Crippen molar-refractivity contribution >= 4 is 17.5 Å². The van der Waals surface area contributed by atoms with Gasteiger partial charge in [-0.05, 0) is 55.3 Å². The Balaban J connectivity index is 1.71. The van der Waals surface area contributed by atoms with Crippen LogP contribution in [0.15, 0.2) is 48.5 Å². The van der Waals surface area contributed by atoms with Crippen LogP contribution in [0.2, 0.25) is 0 Å². The summed E-state index contributed by atoms with van der Waals surface area (Å²) >= 11 is 0. The number of hydrogen-bond donors (Lipinski definition) is 1. The molecule has 0 spiro atoms. The van der Waals surface area contributed by atoms with Gasteiger partial charge in [-0.15, -0.1) is 0 Å². The van der Waals surface area contributed by atoms with E-state index in [0.29, 0.717) is 16.8 Å². The first kappa shape index (κ1) is 17.1. The molecule has 4 nitrogen and oxygen atoms in total. The second kappa shape index (κ2) is 7.92. The second-order valence-electron chi connectivity index (χ2n) is 6.25. The van der Waals surface area contributed by atoms with Gasteiger partial charge in [0.25, 0.3) is 11.8 Å². The number of likely N-dealkylation sites (tertiary alicyclic amines) is 1. The number of benzene rings is 2. The number of hydrogen-bond acceptors (Lipinski definition) is 2. The van der Waals surface area contributed by atoms with Crippen LogP contribution in [0.3, 0.4) is 0 Å². The number of carbonyl (C=O) groups excluding carboxylic acids is 2. The zero-order chi connectivity index (χ0) is 17.6. The third-order valence-electron chi connectivity index (χ3n) is 4.37. The minimum atomic E-state index is -0.387. The smallest absolute Gasteiger partial charge is 0.255 e. The normalized spacial score (nSPS) is 14.7. The van der Waals surface area contributed by atoms with E-state index in [1.165, 1.54) is 24.3 Å². The zero-order valence-corrected chi connectivity index (χ0v) is 14.0. The van der Waals surface area contributed by atoms with Gasteiger partial charge in [0.05, 0.1) is 0 Å². The second-order valence-corrected chi connectivity index (χ2v) is 6.25. The summed E-state index contributed by atoms with van der Waals surface area (Å²) in [5.41, 5.74) is 1.49. The predicted molar refractivity (Wildman–Crippen MR) is 95.2 cm³/mol. The van der Waals surface area contributed by atoms with Gasteiger partial charge < -0.3 is 10.2 Å². The summed E-state index contributed by atoms with van der Waals surface area (Å²) in [6, 6.07) is 12.3. The number of anilines is 1. The predicted octanol–water partition coefficient (Wildman–Crippen LogP) is 4.09. The fourth-order valence-electron chi connectivity index (χ4n) is 2.99. The molecule has 0 saturated carbocycles. The first-order valence-corrected chi connectivity index (χ1v) is 8.60. The van der Waals surface area contributed by atoms with E-state index in [0.717, 1.165) is 38.8 Å². The summed E-state index contributed by atoms with van der Waals surface area (Å²) in [6.45, 7) is 1.57. The van der Waals surface area contributed by atoms with Gasteiger partial charge in [-0.25, -0.2) is 4.39 Å². The van der Waals surface area contributed by atoms with E-state index in [-0.39, 0.29) is 17.6 Å². The molecule has 2 amide bonds. The summed E-state index contributed by atoms with van der Waals surface area (Å²) in [5.74, 6) is -0.722. The van der Waals surface area contributed by atoms with E-state index in [9.17, 15) is 14.0 Å². The molecule has 1 aliphatic heterocycles. The summed E-state index contributed by atoms with van der Waals surface area (Å²) in [4.78, 5) is 26.8. The Kier molecular flexibility index (Phi) is 5.43. The molecule has 25 heavy (non-hydrogen) atoms. The van der Waals surface area contributed by atoms with Crippen LogP contribution in [0.5, 0.6) is 0 Å². The Morgan fingerprint density at radius 3 is 2.24 bits per heavy atom. The Hall–Kier alpha value is -2.69. The lowest BCUT2D eigenvalue weighted by molar-refractivity contribution is 0.0761. The molecule has 5 heteroatoms. The number of halogens is 1. The lowest BCUT2D eigenvalue weighted by atomic mass is 10.1. The van der Waals surface area contributed by atoms with Gasteiger partial charge in [0.1, 0.15) is 5.82 Å². The van der Waals surface area contributed by atoms with Gasteiger partial charge >= 0.3 is 0 Å². The average molecular weight is 340 g/mol. The Labute approximate surface area is 146 Å². The summed E-state index contributed by atoms with van der Waals surface area (Å²) in [7, 11) is 0. The Morgan fingerprint density at radius 1 is 0.880 bits per heavy atom. The number of nitrogens with zero attached hydrogens (tertiary/aromatic N) is 1. The van der Waals surface area contributed by atoms with Crippen LogP contribution >= 0.6 is 0 Å². The Morgan fingerprint density at radius 2 is 1.56 bits per heavy atom. The average Bonchev–Trinajstić information content (AvgIpc) is 2.91. The van der Waals surface area contributed by atoms with E-state index in [2.05, 4.69) is 5.32 Å². The molecule has 0 bridgehead atoms. The molecule has 1 saturated heterocycles. The molecular formula is C20H21FN2O2. The highest BCUT2D eigenvalue weighted by Gasteiger charge is 2.17. The molecule has 0 aromatic heterocycles. The molecule has 3 rings (SSSR count). The van der Waals surface area contributed by atoms with Crippen LogP contribution in [-0.2, 0) is 0 Å². The lowest BCUT2D eigenvalue weighted by Gasteiger charge is -2.20. The van der Waals surface area contributed by atoms with Crippen molar-refractivity contribution in [3.63, 3.8) is 0 Å². The van der Waals surface area contributed by atoms with Crippen molar-refractivity contribution in [2.75, 3.05) is 18.4 Å². The molecule has 1 aliphatic rings. The van der Waals surface area contributed by atoms with Crippen LogP contribution in [0, 0.1) is 5.82 Å². The maximum absolute atomic E-state index is 13.0. The van der Waals surface area contributed by atoms with E-state index in [1.807, 2.05) is 4.90 Å². The highest BCUT2D eigenvalue weighted by atomic mass is 19.1. The molecule has 1 fully saturated rings. The monoisotopic (exact) mass is 340 g/mol. The fraction of sp³-hybridized carbons (Fsp3) is 0.300. The maximum Gasteiger partial charge on any atom is 0.255 e. The van der Waals surface area contributed by atoms with E-state index >= 15 is 0 Å². The highest BCUT2D eigenvalue weighted by molar-refractivity contribution is 6.05. The maximum atomic E-state index is 13.0. The fourth-order valence-corrected chi connectivity index (χ4v) is 2.99. The molecule has 0 aliphatic carbocycles. The largest absolute Gasteiger partial charge is 0.339 e. The molecule has 130 valence electrons. The number of amides is 2. The first-order chi connectivity index (χ1) is 12.1. The SMILES string of the molecule is O=C(Nc1cccc(C(=O)N2CCCCCC2)c1)c1ccc(F)cc1. The highest BCUT2D eigenvalue weighted by Crippen LogP contribution is 2.17. The van der Waals surface area contributed by atoms with Crippen LogP contribution in [0.25, 0.3) is 0 Å². The molecule has 1 N–H and O–H groups in total. The molecule has 1 heterocycles. The van der Waals surface area contributed by atoms with Crippen molar-refractivity contribution in [2.24, 2.45) is 0 Å². The third-order valence-corrected chi connectivity index (χ3v) is 4.37. The van der Waals surface area contributed by atoms with Crippen molar-refractivity contribution in [1.29, 1.82) is 0 Å². The van der Waals surface area contributed by atoms with Gasteiger partial charge in [-0.3, -0.25) is 9.59 Å². The van der Waals surface area contributed by atoms with Gasteiger partial charge in [0, 0.05) is 29.9 Å². The van der Waals surface area contributed by atoms with Crippen molar-refractivity contribution in [3.05, 3.63) is 65.5 Å². The minimum Gasteiger partial charge on any atom is -0.339 e. The van der Waals surface area contributed by atoms with Crippen LogP contribution < -0.4 is 5.32 Å². The quantitative estimate of drug-likeness (QED) is 0.915. The number of carbonyl (C=O) groups is 2. The summed E-state index contributed by atoms with van der Waals surface area (Å²) in [5, 5.41) is 2.76. The van der Waals surface area contributed by atoms with Gasteiger partial charge in [-0.1, -0.05) is 18.9 Å². The lowest BCUT2D eigenvalue weighted by Crippen LogP contribution is -2.31. The molecule has 2 aromatic rings. The number of nitrogens with one attached hydrogen (secondary N) is 1. The summed E-state index contributed by atoms with van der Waals surface area (Å²) < 4.78 is 13.0.